The summed E-state index contributed by atoms with van der Waals surface area (Å²) in [6, 6.07) is 11.3. The van der Waals surface area contributed by atoms with E-state index in [4.69, 9.17) is 0 Å². The maximum atomic E-state index is 12.4. The van der Waals surface area contributed by atoms with E-state index < -0.39 is 0 Å². The molecule has 1 aliphatic rings. The van der Waals surface area contributed by atoms with Gasteiger partial charge in [-0.25, -0.2) is 0 Å². The Morgan fingerprint density at radius 1 is 1.19 bits per heavy atom. The zero-order valence-corrected chi connectivity index (χ0v) is 16.6. The first kappa shape index (κ1) is 19.3. The molecule has 27 heavy (non-hydrogen) atoms. The summed E-state index contributed by atoms with van der Waals surface area (Å²) >= 11 is 3.39. The number of carbonyl (C=O) groups is 2. The fraction of sp³-hybridized carbons (Fsp3) is 0.286. The Morgan fingerprint density at radius 2 is 1.93 bits per heavy atom. The summed E-state index contributed by atoms with van der Waals surface area (Å²) in [4.78, 5) is 30.3. The van der Waals surface area contributed by atoms with Gasteiger partial charge in [-0.3, -0.25) is 14.6 Å². The molecule has 0 bridgehead atoms. The number of likely N-dealkylation sites (tertiary alicyclic amines) is 1. The minimum absolute atomic E-state index is 0.0306. The van der Waals surface area contributed by atoms with Crippen LogP contribution in [0.15, 0.2) is 59.3 Å². The van der Waals surface area contributed by atoms with Crippen LogP contribution in [0.5, 0.6) is 0 Å². The van der Waals surface area contributed by atoms with Crippen LogP contribution in [0.3, 0.4) is 0 Å². The summed E-state index contributed by atoms with van der Waals surface area (Å²) in [6.07, 6.45) is 8.41. The highest BCUT2D eigenvalue weighted by molar-refractivity contribution is 9.10. The molecule has 1 aliphatic heterocycles. The lowest BCUT2D eigenvalue weighted by atomic mass is 9.96. The number of aromatic nitrogens is 1. The third kappa shape index (κ3) is 5.76. The second-order valence-electron chi connectivity index (χ2n) is 6.61. The summed E-state index contributed by atoms with van der Waals surface area (Å²) in [5, 5.41) is 2.96. The molecule has 2 aromatic rings. The van der Waals surface area contributed by atoms with Gasteiger partial charge in [-0.05, 0) is 54.7 Å². The fourth-order valence-corrected chi connectivity index (χ4v) is 3.33. The van der Waals surface area contributed by atoms with Crippen LogP contribution in [-0.4, -0.2) is 41.3 Å². The van der Waals surface area contributed by atoms with E-state index in [1.807, 2.05) is 29.2 Å². The van der Waals surface area contributed by atoms with E-state index in [0.29, 0.717) is 31.1 Å². The van der Waals surface area contributed by atoms with E-state index >= 15 is 0 Å². The summed E-state index contributed by atoms with van der Waals surface area (Å²) in [6.45, 7) is 2.06. The number of hydrogen-bond acceptors (Lipinski definition) is 3. The Kier molecular flexibility index (Phi) is 6.76. The standard InChI is InChI=1S/C21H22BrN3O2/c22-19-6-3-16(4-7-19)5-8-20(26)24-14-17-9-12-25(13-10-17)21(27)18-2-1-11-23-15-18/h1-8,11,15,17H,9-10,12-14H2,(H,24,26)/b8-5+. The quantitative estimate of drug-likeness (QED) is 0.742. The normalized spacial score (nSPS) is 15.1. The van der Waals surface area contributed by atoms with Crippen molar-refractivity contribution in [3.05, 3.63) is 70.5 Å². The highest BCUT2D eigenvalue weighted by Crippen LogP contribution is 2.18. The fourth-order valence-electron chi connectivity index (χ4n) is 3.06. The van der Waals surface area contributed by atoms with Crippen LogP contribution in [0.25, 0.3) is 6.08 Å². The Hall–Kier alpha value is -2.47. The second-order valence-corrected chi connectivity index (χ2v) is 7.52. The number of amides is 2. The molecule has 140 valence electrons. The third-order valence-corrected chi connectivity index (χ3v) is 5.20. The molecule has 1 fully saturated rings. The van der Waals surface area contributed by atoms with Gasteiger partial charge >= 0.3 is 0 Å². The maximum absolute atomic E-state index is 12.4. The van der Waals surface area contributed by atoms with Crippen molar-refractivity contribution in [1.29, 1.82) is 0 Å². The van der Waals surface area contributed by atoms with Crippen LogP contribution in [-0.2, 0) is 4.79 Å². The molecule has 3 rings (SSSR count). The highest BCUT2D eigenvalue weighted by Gasteiger charge is 2.23. The van der Waals surface area contributed by atoms with Gasteiger partial charge in [0, 0.05) is 42.6 Å². The first-order chi connectivity index (χ1) is 13.1. The van der Waals surface area contributed by atoms with Crippen molar-refractivity contribution >= 4 is 33.8 Å². The summed E-state index contributed by atoms with van der Waals surface area (Å²) in [5.41, 5.74) is 1.61. The van der Waals surface area contributed by atoms with Crippen molar-refractivity contribution in [3.8, 4) is 0 Å². The zero-order valence-electron chi connectivity index (χ0n) is 15.0. The van der Waals surface area contributed by atoms with Crippen LogP contribution in [0.2, 0.25) is 0 Å². The van der Waals surface area contributed by atoms with Gasteiger partial charge in [0.1, 0.15) is 0 Å². The molecule has 1 N–H and O–H groups in total. The Bertz CT molecular complexity index is 798. The first-order valence-electron chi connectivity index (χ1n) is 9.02. The number of carbonyl (C=O) groups excluding carboxylic acids is 2. The van der Waals surface area contributed by atoms with Gasteiger partial charge in [-0.15, -0.1) is 0 Å². The molecule has 0 saturated carbocycles. The lowest BCUT2D eigenvalue weighted by Gasteiger charge is -2.32. The minimum Gasteiger partial charge on any atom is -0.352 e. The second kappa shape index (κ2) is 9.46. The Morgan fingerprint density at radius 3 is 2.59 bits per heavy atom. The van der Waals surface area contributed by atoms with Gasteiger partial charge in [0.15, 0.2) is 0 Å². The molecular weight excluding hydrogens is 406 g/mol. The predicted molar refractivity (Wildman–Crippen MR) is 109 cm³/mol. The van der Waals surface area contributed by atoms with Gasteiger partial charge in [0.25, 0.3) is 5.91 Å². The average Bonchev–Trinajstić information content (AvgIpc) is 2.72. The van der Waals surface area contributed by atoms with Crippen molar-refractivity contribution < 1.29 is 9.59 Å². The van der Waals surface area contributed by atoms with Gasteiger partial charge in [-0.1, -0.05) is 28.1 Å². The van der Waals surface area contributed by atoms with Gasteiger partial charge in [0.2, 0.25) is 5.91 Å². The Labute approximate surface area is 167 Å². The van der Waals surface area contributed by atoms with E-state index in [2.05, 4.69) is 26.2 Å². The summed E-state index contributed by atoms with van der Waals surface area (Å²) in [5.74, 6) is 0.336. The van der Waals surface area contributed by atoms with E-state index in [9.17, 15) is 9.59 Å². The molecule has 2 amide bonds. The van der Waals surface area contributed by atoms with Crippen LogP contribution in [0.1, 0.15) is 28.8 Å². The SMILES string of the molecule is O=C(/C=C/c1ccc(Br)cc1)NCC1CCN(C(=O)c2cccnc2)CC1. The number of benzene rings is 1. The third-order valence-electron chi connectivity index (χ3n) is 4.67. The molecule has 6 heteroatoms. The molecule has 0 spiro atoms. The number of piperidine rings is 1. The topological polar surface area (TPSA) is 62.3 Å². The van der Waals surface area contributed by atoms with Crippen molar-refractivity contribution in [2.45, 2.75) is 12.8 Å². The number of rotatable bonds is 5. The van der Waals surface area contributed by atoms with Crippen molar-refractivity contribution in [1.82, 2.24) is 15.2 Å². The van der Waals surface area contributed by atoms with Gasteiger partial charge in [-0.2, -0.15) is 0 Å². The molecule has 1 saturated heterocycles. The number of halogens is 1. The van der Waals surface area contributed by atoms with Crippen molar-refractivity contribution in [2.75, 3.05) is 19.6 Å². The van der Waals surface area contributed by atoms with E-state index in [0.717, 1.165) is 22.9 Å². The molecule has 2 heterocycles. The van der Waals surface area contributed by atoms with Gasteiger partial charge in [0.05, 0.1) is 5.56 Å². The lowest BCUT2D eigenvalue weighted by molar-refractivity contribution is -0.116. The molecule has 1 aromatic heterocycles. The molecular formula is C21H22BrN3O2. The average molecular weight is 428 g/mol. The van der Waals surface area contributed by atoms with Crippen LogP contribution < -0.4 is 5.32 Å². The van der Waals surface area contributed by atoms with Crippen LogP contribution in [0, 0.1) is 5.92 Å². The molecule has 5 nitrogen and oxygen atoms in total. The van der Waals surface area contributed by atoms with E-state index in [1.54, 1.807) is 36.7 Å². The van der Waals surface area contributed by atoms with E-state index in [-0.39, 0.29) is 11.8 Å². The summed E-state index contributed by atoms with van der Waals surface area (Å²) < 4.78 is 1.01. The van der Waals surface area contributed by atoms with E-state index in [1.165, 1.54) is 0 Å². The molecule has 0 aliphatic carbocycles. The molecule has 0 radical (unpaired) electrons. The van der Waals surface area contributed by atoms with Gasteiger partial charge < -0.3 is 10.2 Å². The summed E-state index contributed by atoms with van der Waals surface area (Å²) in [7, 11) is 0. The molecule has 0 unspecified atom stereocenters. The highest BCUT2D eigenvalue weighted by atomic mass is 79.9. The molecule has 1 aromatic carbocycles. The predicted octanol–water partition coefficient (Wildman–Crippen LogP) is 3.53. The number of hydrogen-bond donors (Lipinski definition) is 1. The largest absolute Gasteiger partial charge is 0.352 e. The monoisotopic (exact) mass is 427 g/mol. The number of nitrogens with zero attached hydrogens (tertiary/aromatic N) is 2. The van der Waals surface area contributed by atoms with Crippen LogP contribution in [0.4, 0.5) is 0 Å². The smallest absolute Gasteiger partial charge is 0.255 e. The number of nitrogens with one attached hydrogen (secondary N) is 1. The zero-order chi connectivity index (χ0) is 19.1. The van der Waals surface area contributed by atoms with Crippen LogP contribution >= 0.6 is 15.9 Å². The Balaban J connectivity index is 1.41. The lowest BCUT2D eigenvalue weighted by Crippen LogP contribution is -2.41. The molecule has 0 atom stereocenters. The first-order valence-corrected chi connectivity index (χ1v) is 9.82. The maximum Gasteiger partial charge on any atom is 0.255 e. The van der Waals surface area contributed by atoms with Crippen molar-refractivity contribution in [3.63, 3.8) is 0 Å². The number of pyridine rings is 1. The minimum atomic E-state index is -0.0909. The van der Waals surface area contributed by atoms with Crippen molar-refractivity contribution in [2.24, 2.45) is 5.92 Å².